The molecule has 1 atom stereocenters. The van der Waals surface area contributed by atoms with Gasteiger partial charge in [-0.1, -0.05) is 83.4 Å². The van der Waals surface area contributed by atoms with Gasteiger partial charge in [-0.05, 0) is 67.1 Å². The first-order valence-corrected chi connectivity index (χ1v) is 17.2. The Morgan fingerprint density at radius 1 is 0.952 bits per heavy atom. The van der Waals surface area contributed by atoms with Crippen LogP contribution in [-0.4, -0.2) is 50.0 Å². The summed E-state index contributed by atoms with van der Waals surface area (Å²) in [6.07, 6.45) is 6.07. The number of rotatable bonds is 13. The van der Waals surface area contributed by atoms with Gasteiger partial charge in [0.2, 0.25) is 21.8 Å². The highest BCUT2D eigenvalue weighted by atomic mass is 79.9. The molecule has 0 aromatic heterocycles. The topological polar surface area (TPSA) is 86.8 Å². The number of benzene rings is 3. The standard InChI is InChI=1S/C33H40BrN3O4S/c1-25-11-8-18-30(21-25)37(42(2,40)41)20-10-19-32(38)36(24-27-14-9-15-28(34)22-27)31(23-26-12-4-3-5-13-26)33(39)35-29-16-6-7-17-29/h3-5,8-9,11-15,18,21-22,29,31H,6-7,10,16-17,19-20,23-24H2,1-2H3,(H,35,39). The molecule has 1 saturated carbocycles. The second-order valence-corrected chi connectivity index (χ2v) is 13.9. The first kappa shape index (κ1) is 31.8. The highest BCUT2D eigenvalue weighted by Crippen LogP contribution is 2.23. The zero-order valence-corrected chi connectivity index (χ0v) is 26.7. The highest BCUT2D eigenvalue weighted by Gasteiger charge is 2.32. The van der Waals surface area contributed by atoms with E-state index in [1.54, 1.807) is 11.0 Å². The summed E-state index contributed by atoms with van der Waals surface area (Å²) in [4.78, 5) is 29.5. The van der Waals surface area contributed by atoms with E-state index in [0.29, 0.717) is 18.5 Å². The molecule has 1 fully saturated rings. The van der Waals surface area contributed by atoms with Crippen molar-refractivity contribution >= 4 is 43.5 Å². The van der Waals surface area contributed by atoms with Gasteiger partial charge in [0, 0.05) is 36.4 Å². The maximum atomic E-state index is 14.0. The Morgan fingerprint density at radius 3 is 2.31 bits per heavy atom. The summed E-state index contributed by atoms with van der Waals surface area (Å²) >= 11 is 3.53. The van der Waals surface area contributed by atoms with Gasteiger partial charge in [0.05, 0.1) is 11.9 Å². The minimum Gasteiger partial charge on any atom is -0.352 e. The largest absolute Gasteiger partial charge is 0.352 e. The summed E-state index contributed by atoms with van der Waals surface area (Å²) in [5.41, 5.74) is 3.41. The van der Waals surface area contributed by atoms with Crippen molar-refractivity contribution in [1.82, 2.24) is 10.2 Å². The molecule has 1 aliphatic rings. The van der Waals surface area contributed by atoms with E-state index in [1.165, 1.54) is 10.6 Å². The van der Waals surface area contributed by atoms with Crippen molar-refractivity contribution in [3.05, 3.63) is 100 Å². The van der Waals surface area contributed by atoms with E-state index in [-0.39, 0.29) is 37.4 Å². The fourth-order valence-electron chi connectivity index (χ4n) is 5.54. The molecule has 4 rings (SSSR count). The summed E-state index contributed by atoms with van der Waals surface area (Å²) in [5.74, 6) is -0.332. The van der Waals surface area contributed by atoms with Crippen LogP contribution >= 0.6 is 15.9 Å². The van der Waals surface area contributed by atoms with Crippen molar-refractivity contribution in [2.45, 2.75) is 70.5 Å². The fourth-order valence-corrected chi connectivity index (χ4v) is 6.94. The first-order chi connectivity index (χ1) is 20.1. The van der Waals surface area contributed by atoms with Crippen LogP contribution in [0.1, 0.15) is 55.2 Å². The van der Waals surface area contributed by atoms with Crippen LogP contribution in [0.5, 0.6) is 0 Å². The Bertz CT molecular complexity index is 1460. The van der Waals surface area contributed by atoms with Crippen LogP contribution in [0, 0.1) is 6.92 Å². The number of nitrogens with zero attached hydrogens (tertiary/aromatic N) is 2. The first-order valence-electron chi connectivity index (χ1n) is 14.5. The molecule has 7 nitrogen and oxygen atoms in total. The molecule has 1 aliphatic carbocycles. The number of anilines is 1. The van der Waals surface area contributed by atoms with Gasteiger partial charge < -0.3 is 10.2 Å². The van der Waals surface area contributed by atoms with Crippen LogP contribution in [0.3, 0.4) is 0 Å². The Hall–Kier alpha value is -3.17. The Labute approximate surface area is 258 Å². The maximum absolute atomic E-state index is 14.0. The average Bonchev–Trinajstić information content (AvgIpc) is 3.46. The van der Waals surface area contributed by atoms with E-state index in [2.05, 4.69) is 21.2 Å². The molecular formula is C33H40BrN3O4S. The SMILES string of the molecule is Cc1cccc(N(CCCC(=O)N(Cc2cccc(Br)c2)C(Cc2ccccc2)C(=O)NC2CCCC2)S(C)(=O)=O)c1. The van der Waals surface area contributed by atoms with Gasteiger partial charge in [-0.3, -0.25) is 13.9 Å². The van der Waals surface area contributed by atoms with Crippen molar-refractivity contribution in [2.75, 3.05) is 17.1 Å². The maximum Gasteiger partial charge on any atom is 0.243 e. The molecule has 0 bridgehead atoms. The third-order valence-corrected chi connectivity index (χ3v) is 9.34. The monoisotopic (exact) mass is 653 g/mol. The van der Waals surface area contributed by atoms with Crippen LogP contribution in [0.25, 0.3) is 0 Å². The molecule has 0 radical (unpaired) electrons. The zero-order chi connectivity index (χ0) is 30.1. The minimum absolute atomic E-state index is 0.105. The number of hydrogen-bond acceptors (Lipinski definition) is 4. The second-order valence-electron chi connectivity index (χ2n) is 11.1. The molecule has 42 heavy (non-hydrogen) atoms. The summed E-state index contributed by atoms with van der Waals surface area (Å²) in [6, 6.07) is 24.2. The van der Waals surface area contributed by atoms with Crippen molar-refractivity contribution in [1.29, 1.82) is 0 Å². The van der Waals surface area contributed by atoms with Gasteiger partial charge in [0.25, 0.3) is 0 Å². The van der Waals surface area contributed by atoms with E-state index >= 15 is 0 Å². The average molecular weight is 655 g/mol. The van der Waals surface area contributed by atoms with Crippen LogP contribution in [0.15, 0.2) is 83.3 Å². The minimum atomic E-state index is -3.55. The molecule has 3 aromatic carbocycles. The summed E-state index contributed by atoms with van der Waals surface area (Å²) < 4.78 is 27.6. The number of carbonyl (C=O) groups excluding carboxylic acids is 2. The van der Waals surface area contributed by atoms with Gasteiger partial charge in [-0.15, -0.1) is 0 Å². The van der Waals surface area contributed by atoms with E-state index in [1.807, 2.05) is 79.7 Å². The molecule has 9 heteroatoms. The predicted octanol–water partition coefficient (Wildman–Crippen LogP) is 6.00. The quantitative estimate of drug-likeness (QED) is 0.245. The number of sulfonamides is 1. The molecule has 0 saturated heterocycles. The normalized spacial score (nSPS) is 14.4. The van der Waals surface area contributed by atoms with Crippen molar-refractivity contribution in [3.63, 3.8) is 0 Å². The van der Waals surface area contributed by atoms with E-state index in [0.717, 1.165) is 46.8 Å². The molecule has 0 spiro atoms. The molecule has 1 N–H and O–H groups in total. The van der Waals surface area contributed by atoms with Gasteiger partial charge in [0.15, 0.2) is 0 Å². The molecule has 2 amide bonds. The van der Waals surface area contributed by atoms with Crippen molar-refractivity contribution in [2.24, 2.45) is 0 Å². The molecule has 224 valence electrons. The summed E-state index contributed by atoms with van der Waals surface area (Å²) in [5, 5.41) is 3.22. The van der Waals surface area contributed by atoms with E-state index < -0.39 is 16.1 Å². The molecule has 3 aromatic rings. The molecule has 1 unspecified atom stereocenters. The fraction of sp³-hybridized carbons (Fsp3) is 0.394. The van der Waals surface area contributed by atoms with Gasteiger partial charge >= 0.3 is 0 Å². The third-order valence-electron chi connectivity index (χ3n) is 7.66. The smallest absolute Gasteiger partial charge is 0.243 e. The Kier molecular flexibility index (Phi) is 11.2. The molecule has 0 aliphatic heterocycles. The van der Waals surface area contributed by atoms with Crippen LogP contribution < -0.4 is 9.62 Å². The zero-order valence-electron chi connectivity index (χ0n) is 24.3. The Balaban J connectivity index is 1.59. The lowest BCUT2D eigenvalue weighted by Gasteiger charge is -2.33. The lowest BCUT2D eigenvalue weighted by molar-refractivity contribution is -0.141. The van der Waals surface area contributed by atoms with Gasteiger partial charge in [-0.2, -0.15) is 0 Å². The lowest BCUT2D eigenvalue weighted by Crippen LogP contribution is -2.52. The summed E-state index contributed by atoms with van der Waals surface area (Å²) in [6.45, 7) is 2.34. The van der Waals surface area contributed by atoms with E-state index in [9.17, 15) is 18.0 Å². The lowest BCUT2D eigenvalue weighted by atomic mass is 10.0. The summed E-state index contributed by atoms with van der Waals surface area (Å²) in [7, 11) is -3.55. The number of halogens is 1. The molecular weight excluding hydrogens is 614 g/mol. The number of aryl methyl sites for hydroxylation is 1. The molecule has 0 heterocycles. The number of amides is 2. The predicted molar refractivity (Wildman–Crippen MR) is 172 cm³/mol. The van der Waals surface area contributed by atoms with Crippen LogP contribution in [0.4, 0.5) is 5.69 Å². The van der Waals surface area contributed by atoms with E-state index in [4.69, 9.17) is 0 Å². The number of nitrogens with one attached hydrogen (secondary N) is 1. The van der Waals surface area contributed by atoms with Gasteiger partial charge in [0.1, 0.15) is 6.04 Å². The van der Waals surface area contributed by atoms with Crippen molar-refractivity contribution in [3.8, 4) is 0 Å². The number of hydrogen-bond donors (Lipinski definition) is 1. The Morgan fingerprint density at radius 2 is 1.64 bits per heavy atom. The highest BCUT2D eigenvalue weighted by molar-refractivity contribution is 9.10. The number of carbonyl (C=O) groups is 2. The van der Waals surface area contributed by atoms with Gasteiger partial charge in [-0.25, -0.2) is 8.42 Å². The van der Waals surface area contributed by atoms with Crippen molar-refractivity contribution < 1.29 is 18.0 Å². The third kappa shape index (κ3) is 9.16. The van der Waals surface area contributed by atoms with Crippen LogP contribution in [-0.2, 0) is 32.6 Å². The van der Waals surface area contributed by atoms with Crippen LogP contribution in [0.2, 0.25) is 0 Å². The second kappa shape index (κ2) is 14.8.